The molecule has 94 valence electrons. The zero-order chi connectivity index (χ0) is 12.8. The smallest absolute Gasteiger partial charge is 0.276 e. The topological polar surface area (TPSA) is 71.3 Å². The van der Waals surface area contributed by atoms with Crippen LogP contribution in [0.1, 0.15) is 0 Å². The molecule has 0 saturated carbocycles. The van der Waals surface area contributed by atoms with Crippen LogP contribution in [0.2, 0.25) is 0 Å². The third-order valence-corrected chi connectivity index (χ3v) is 2.88. The largest absolute Gasteiger partial charge is 0.373 e. The fourth-order valence-electron chi connectivity index (χ4n) is 1.27. The van der Waals surface area contributed by atoms with Crippen molar-refractivity contribution in [1.82, 2.24) is 4.98 Å². The Morgan fingerprint density at radius 2 is 2.29 bits per heavy atom. The van der Waals surface area contributed by atoms with Gasteiger partial charge in [-0.15, -0.1) is 0 Å². The molecule has 0 aliphatic carbocycles. The number of aromatic nitrogens is 1. The highest BCUT2D eigenvalue weighted by atomic mass is 32.2. The van der Waals surface area contributed by atoms with E-state index >= 15 is 0 Å². The lowest BCUT2D eigenvalue weighted by atomic mass is 10.3. The molecular formula is C10H16N4O2S. The van der Waals surface area contributed by atoms with Crippen LogP contribution < -0.4 is 10.2 Å². The van der Waals surface area contributed by atoms with Gasteiger partial charge in [-0.2, -0.15) is 11.8 Å². The predicted octanol–water partition coefficient (Wildman–Crippen LogP) is 1.83. The minimum atomic E-state index is -0.408. The van der Waals surface area contributed by atoms with Crippen molar-refractivity contribution in [3.8, 4) is 0 Å². The van der Waals surface area contributed by atoms with Crippen LogP contribution in [0.3, 0.4) is 0 Å². The van der Waals surface area contributed by atoms with Gasteiger partial charge in [-0.25, -0.2) is 4.98 Å². The summed E-state index contributed by atoms with van der Waals surface area (Å²) in [4.78, 5) is 16.6. The maximum absolute atomic E-state index is 10.8. The lowest BCUT2D eigenvalue weighted by Crippen LogP contribution is -2.21. The normalized spacial score (nSPS) is 10.1. The number of nitrogens with one attached hydrogen (secondary N) is 1. The molecule has 0 aromatic carbocycles. The Hall–Kier alpha value is -1.50. The van der Waals surface area contributed by atoms with Gasteiger partial charge in [-0.05, 0) is 6.26 Å². The molecule has 0 bridgehead atoms. The van der Waals surface area contributed by atoms with Crippen molar-refractivity contribution in [3.05, 3.63) is 22.2 Å². The number of hydrogen-bond donors (Lipinski definition) is 1. The second-order valence-corrected chi connectivity index (χ2v) is 4.48. The Bertz CT molecular complexity index is 400. The first-order valence-corrected chi connectivity index (χ1v) is 6.52. The van der Waals surface area contributed by atoms with Crippen LogP contribution >= 0.6 is 11.8 Å². The number of rotatable bonds is 6. The van der Waals surface area contributed by atoms with E-state index in [-0.39, 0.29) is 5.69 Å². The van der Waals surface area contributed by atoms with Gasteiger partial charge in [0.1, 0.15) is 11.6 Å². The summed E-state index contributed by atoms with van der Waals surface area (Å²) in [6.07, 6.45) is 2.02. The van der Waals surface area contributed by atoms with Crippen molar-refractivity contribution in [2.24, 2.45) is 0 Å². The average Bonchev–Trinajstić information content (AvgIpc) is 2.35. The van der Waals surface area contributed by atoms with E-state index in [1.54, 1.807) is 18.8 Å². The molecule has 1 rings (SSSR count). The van der Waals surface area contributed by atoms with Gasteiger partial charge in [0, 0.05) is 26.4 Å². The standard InChI is InChI=1S/C10H16N4O2S/c1-11-9-6-8(14(15)16)7-10(12-9)13(2)4-5-17-3/h6-7H,4-5H2,1-3H3,(H,11,12). The Labute approximate surface area is 105 Å². The van der Waals surface area contributed by atoms with E-state index in [1.807, 2.05) is 18.2 Å². The average molecular weight is 256 g/mol. The molecule has 0 saturated heterocycles. The summed E-state index contributed by atoms with van der Waals surface area (Å²) < 4.78 is 0. The fourth-order valence-corrected chi connectivity index (χ4v) is 1.73. The van der Waals surface area contributed by atoms with Gasteiger partial charge in [-0.1, -0.05) is 0 Å². The lowest BCUT2D eigenvalue weighted by molar-refractivity contribution is -0.384. The minimum Gasteiger partial charge on any atom is -0.373 e. The summed E-state index contributed by atoms with van der Waals surface area (Å²) in [6, 6.07) is 2.91. The number of nitrogens with zero attached hydrogens (tertiary/aromatic N) is 3. The maximum Gasteiger partial charge on any atom is 0.276 e. The summed E-state index contributed by atoms with van der Waals surface area (Å²) in [7, 11) is 3.57. The highest BCUT2D eigenvalue weighted by molar-refractivity contribution is 7.98. The molecular weight excluding hydrogens is 240 g/mol. The summed E-state index contributed by atoms with van der Waals surface area (Å²) >= 11 is 1.73. The van der Waals surface area contributed by atoms with Crippen LogP contribution in [0.15, 0.2) is 12.1 Å². The quantitative estimate of drug-likeness (QED) is 0.618. The van der Waals surface area contributed by atoms with Gasteiger partial charge < -0.3 is 10.2 Å². The molecule has 0 spiro atoms. The van der Waals surface area contributed by atoms with E-state index in [4.69, 9.17) is 0 Å². The molecule has 0 unspecified atom stereocenters. The van der Waals surface area contributed by atoms with Crippen LogP contribution in [-0.2, 0) is 0 Å². The summed E-state index contributed by atoms with van der Waals surface area (Å²) in [5, 5.41) is 13.6. The first-order valence-electron chi connectivity index (χ1n) is 5.12. The Kier molecular flexibility index (Phi) is 5.02. The molecule has 7 heteroatoms. The molecule has 0 fully saturated rings. The maximum atomic E-state index is 10.8. The predicted molar refractivity (Wildman–Crippen MR) is 72.1 cm³/mol. The number of hydrogen-bond acceptors (Lipinski definition) is 6. The van der Waals surface area contributed by atoms with Crippen molar-refractivity contribution < 1.29 is 4.92 Å². The van der Waals surface area contributed by atoms with Crippen molar-refractivity contribution in [2.75, 3.05) is 42.9 Å². The monoisotopic (exact) mass is 256 g/mol. The summed E-state index contributed by atoms with van der Waals surface area (Å²) in [5.41, 5.74) is 0.0513. The Balaban J connectivity index is 2.97. The zero-order valence-corrected chi connectivity index (χ0v) is 11.0. The molecule has 0 amide bonds. The van der Waals surface area contributed by atoms with Crippen LogP contribution in [0.25, 0.3) is 0 Å². The van der Waals surface area contributed by atoms with Gasteiger partial charge in [0.2, 0.25) is 0 Å². The molecule has 1 heterocycles. The van der Waals surface area contributed by atoms with Crippen molar-refractivity contribution in [2.45, 2.75) is 0 Å². The number of thioether (sulfide) groups is 1. The third-order valence-electron chi connectivity index (χ3n) is 2.29. The third kappa shape index (κ3) is 3.77. The second kappa shape index (κ2) is 6.29. The zero-order valence-electron chi connectivity index (χ0n) is 10.1. The molecule has 1 aromatic rings. The van der Waals surface area contributed by atoms with E-state index in [9.17, 15) is 10.1 Å². The van der Waals surface area contributed by atoms with E-state index in [1.165, 1.54) is 12.1 Å². The lowest BCUT2D eigenvalue weighted by Gasteiger charge is -2.17. The Morgan fingerprint density at radius 1 is 1.59 bits per heavy atom. The number of nitro groups is 1. The molecule has 6 nitrogen and oxygen atoms in total. The van der Waals surface area contributed by atoms with E-state index in [0.29, 0.717) is 11.6 Å². The highest BCUT2D eigenvalue weighted by Gasteiger charge is 2.12. The van der Waals surface area contributed by atoms with Crippen LogP contribution in [0, 0.1) is 10.1 Å². The van der Waals surface area contributed by atoms with Gasteiger partial charge in [0.15, 0.2) is 0 Å². The van der Waals surface area contributed by atoms with Gasteiger partial charge in [-0.3, -0.25) is 10.1 Å². The number of anilines is 2. The SMILES string of the molecule is CNc1cc([N+](=O)[O-])cc(N(C)CCSC)n1. The van der Waals surface area contributed by atoms with E-state index in [2.05, 4.69) is 10.3 Å². The highest BCUT2D eigenvalue weighted by Crippen LogP contribution is 2.22. The van der Waals surface area contributed by atoms with Crippen LogP contribution in [0.4, 0.5) is 17.3 Å². The van der Waals surface area contributed by atoms with Crippen molar-refractivity contribution >= 4 is 29.1 Å². The summed E-state index contributed by atoms with van der Waals surface area (Å²) in [6.45, 7) is 0.804. The van der Waals surface area contributed by atoms with Gasteiger partial charge in [0.05, 0.1) is 17.1 Å². The first kappa shape index (κ1) is 13.6. The molecule has 1 aromatic heterocycles. The molecule has 17 heavy (non-hydrogen) atoms. The second-order valence-electron chi connectivity index (χ2n) is 3.49. The molecule has 0 radical (unpaired) electrons. The van der Waals surface area contributed by atoms with E-state index in [0.717, 1.165) is 12.3 Å². The van der Waals surface area contributed by atoms with Gasteiger partial charge in [0.25, 0.3) is 5.69 Å². The first-order chi connectivity index (χ1) is 8.08. The molecule has 0 atom stereocenters. The van der Waals surface area contributed by atoms with Crippen LogP contribution in [-0.4, -0.2) is 42.6 Å². The Morgan fingerprint density at radius 3 is 2.82 bits per heavy atom. The fraction of sp³-hybridized carbons (Fsp3) is 0.500. The molecule has 1 N–H and O–H groups in total. The summed E-state index contributed by atoms with van der Waals surface area (Å²) in [5.74, 6) is 2.07. The van der Waals surface area contributed by atoms with Crippen molar-refractivity contribution in [3.63, 3.8) is 0 Å². The molecule has 0 aliphatic heterocycles. The van der Waals surface area contributed by atoms with Gasteiger partial charge >= 0.3 is 0 Å². The minimum absolute atomic E-state index is 0.0513. The van der Waals surface area contributed by atoms with Crippen molar-refractivity contribution in [1.29, 1.82) is 0 Å². The molecule has 0 aliphatic rings. The van der Waals surface area contributed by atoms with Crippen LogP contribution in [0.5, 0.6) is 0 Å². The number of pyridine rings is 1. The van der Waals surface area contributed by atoms with E-state index < -0.39 is 4.92 Å².